The first-order valence-corrected chi connectivity index (χ1v) is 8.89. The summed E-state index contributed by atoms with van der Waals surface area (Å²) < 4.78 is 5.83. The van der Waals surface area contributed by atoms with Gasteiger partial charge in [0.25, 0.3) is 5.91 Å². The highest BCUT2D eigenvalue weighted by atomic mass is 16.5. The molecule has 1 saturated carbocycles. The van der Waals surface area contributed by atoms with E-state index in [1.165, 1.54) is 0 Å². The van der Waals surface area contributed by atoms with Crippen molar-refractivity contribution in [2.75, 3.05) is 0 Å². The minimum atomic E-state index is -0.526. The SMILES string of the molecule is CC(Oc1ccc2ccc(-c3cccc(O)c3)cc2c1)C(=O)NC1CC1. The van der Waals surface area contributed by atoms with Crippen molar-refractivity contribution in [2.24, 2.45) is 0 Å². The molecule has 0 saturated heterocycles. The number of phenolic OH excluding ortho intramolecular Hbond substituents is 1. The molecule has 0 radical (unpaired) electrons. The van der Waals surface area contributed by atoms with Gasteiger partial charge in [-0.1, -0.05) is 30.3 Å². The molecule has 1 amide bonds. The van der Waals surface area contributed by atoms with E-state index in [-0.39, 0.29) is 11.7 Å². The van der Waals surface area contributed by atoms with Crippen molar-refractivity contribution in [3.8, 4) is 22.6 Å². The lowest BCUT2D eigenvalue weighted by atomic mass is 10.0. The van der Waals surface area contributed by atoms with Crippen LogP contribution >= 0.6 is 0 Å². The molecule has 132 valence electrons. The molecule has 1 aliphatic rings. The van der Waals surface area contributed by atoms with Gasteiger partial charge in [0.1, 0.15) is 11.5 Å². The molecule has 1 atom stereocenters. The third kappa shape index (κ3) is 3.64. The van der Waals surface area contributed by atoms with E-state index in [1.54, 1.807) is 19.1 Å². The highest BCUT2D eigenvalue weighted by Crippen LogP contribution is 2.29. The fourth-order valence-electron chi connectivity index (χ4n) is 2.97. The summed E-state index contributed by atoms with van der Waals surface area (Å²) in [5.74, 6) is 0.847. The maximum Gasteiger partial charge on any atom is 0.260 e. The van der Waals surface area contributed by atoms with Crippen molar-refractivity contribution >= 4 is 16.7 Å². The summed E-state index contributed by atoms with van der Waals surface area (Å²) in [5.41, 5.74) is 1.97. The number of phenols is 1. The Morgan fingerprint density at radius 2 is 1.81 bits per heavy atom. The summed E-state index contributed by atoms with van der Waals surface area (Å²) in [6, 6.07) is 19.5. The molecular formula is C22H21NO3. The van der Waals surface area contributed by atoms with Crippen molar-refractivity contribution in [2.45, 2.75) is 31.9 Å². The molecular weight excluding hydrogens is 326 g/mol. The number of carbonyl (C=O) groups excluding carboxylic acids is 1. The van der Waals surface area contributed by atoms with Crippen molar-refractivity contribution in [3.05, 3.63) is 60.7 Å². The van der Waals surface area contributed by atoms with E-state index in [4.69, 9.17) is 4.74 Å². The molecule has 0 bridgehead atoms. The Labute approximate surface area is 152 Å². The van der Waals surface area contributed by atoms with Crippen LogP contribution in [0.3, 0.4) is 0 Å². The predicted molar refractivity (Wildman–Crippen MR) is 102 cm³/mol. The van der Waals surface area contributed by atoms with Gasteiger partial charge in [0.15, 0.2) is 6.10 Å². The number of benzene rings is 3. The molecule has 4 nitrogen and oxygen atoms in total. The van der Waals surface area contributed by atoms with E-state index in [2.05, 4.69) is 11.4 Å². The Morgan fingerprint density at radius 1 is 1.04 bits per heavy atom. The second-order valence-corrected chi connectivity index (χ2v) is 6.82. The lowest BCUT2D eigenvalue weighted by Crippen LogP contribution is -2.37. The molecule has 0 spiro atoms. The molecule has 4 heteroatoms. The zero-order valence-electron chi connectivity index (χ0n) is 14.6. The van der Waals surface area contributed by atoms with Crippen LogP contribution in [0.1, 0.15) is 19.8 Å². The largest absolute Gasteiger partial charge is 0.508 e. The second kappa shape index (κ2) is 6.71. The number of hydrogen-bond acceptors (Lipinski definition) is 3. The smallest absolute Gasteiger partial charge is 0.260 e. The van der Waals surface area contributed by atoms with Gasteiger partial charge in [-0.3, -0.25) is 4.79 Å². The van der Waals surface area contributed by atoms with Crippen LogP contribution in [0.15, 0.2) is 60.7 Å². The number of carbonyl (C=O) groups is 1. The minimum Gasteiger partial charge on any atom is -0.508 e. The molecule has 0 aliphatic heterocycles. The van der Waals surface area contributed by atoms with Gasteiger partial charge in [-0.2, -0.15) is 0 Å². The van der Waals surface area contributed by atoms with Crippen LogP contribution in [0.25, 0.3) is 21.9 Å². The van der Waals surface area contributed by atoms with Crippen molar-refractivity contribution in [1.29, 1.82) is 0 Å². The summed E-state index contributed by atoms with van der Waals surface area (Å²) >= 11 is 0. The Balaban J connectivity index is 1.58. The summed E-state index contributed by atoms with van der Waals surface area (Å²) in [6.07, 6.45) is 1.60. The third-order valence-corrected chi connectivity index (χ3v) is 4.60. The summed E-state index contributed by atoms with van der Waals surface area (Å²) in [7, 11) is 0. The fourth-order valence-corrected chi connectivity index (χ4v) is 2.97. The molecule has 3 aromatic rings. The lowest BCUT2D eigenvalue weighted by Gasteiger charge is -2.15. The summed E-state index contributed by atoms with van der Waals surface area (Å²) in [4.78, 5) is 12.1. The van der Waals surface area contributed by atoms with Gasteiger partial charge in [0.2, 0.25) is 0 Å². The van der Waals surface area contributed by atoms with E-state index < -0.39 is 6.10 Å². The number of nitrogens with one attached hydrogen (secondary N) is 1. The van der Waals surface area contributed by atoms with Crippen LogP contribution in [0, 0.1) is 0 Å². The number of fused-ring (bicyclic) bond motifs is 1. The maximum absolute atomic E-state index is 12.1. The van der Waals surface area contributed by atoms with E-state index in [0.29, 0.717) is 11.8 Å². The number of ether oxygens (including phenoxy) is 1. The first-order valence-electron chi connectivity index (χ1n) is 8.89. The van der Waals surface area contributed by atoms with Crippen LogP contribution in [0.5, 0.6) is 11.5 Å². The minimum absolute atomic E-state index is 0.0684. The molecule has 4 rings (SSSR count). The van der Waals surface area contributed by atoms with Gasteiger partial charge >= 0.3 is 0 Å². The van der Waals surface area contributed by atoms with E-state index in [1.807, 2.05) is 42.5 Å². The molecule has 1 fully saturated rings. The molecule has 1 unspecified atom stereocenters. The molecule has 26 heavy (non-hydrogen) atoms. The van der Waals surface area contributed by atoms with Gasteiger partial charge < -0.3 is 15.2 Å². The van der Waals surface area contributed by atoms with E-state index in [0.717, 1.165) is 34.7 Å². The first kappa shape index (κ1) is 16.5. The molecule has 0 aromatic heterocycles. The highest BCUT2D eigenvalue weighted by Gasteiger charge is 2.26. The van der Waals surface area contributed by atoms with Gasteiger partial charge in [-0.15, -0.1) is 0 Å². The van der Waals surface area contributed by atoms with Crippen LogP contribution in [-0.2, 0) is 4.79 Å². The number of amides is 1. The Hall–Kier alpha value is -3.01. The summed E-state index contributed by atoms with van der Waals surface area (Å²) in [6.45, 7) is 1.77. The second-order valence-electron chi connectivity index (χ2n) is 6.82. The Bertz CT molecular complexity index is 963. The Kier molecular flexibility index (Phi) is 4.25. The van der Waals surface area contributed by atoms with Crippen LogP contribution in [0.2, 0.25) is 0 Å². The number of rotatable bonds is 5. The van der Waals surface area contributed by atoms with E-state index in [9.17, 15) is 9.90 Å². The zero-order valence-corrected chi connectivity index (χ0v) is 14.6. The van der Waals surface area contributed by atoms with Gasteiger partial charge in [-0.25, -0.2) is 0 Å². The maximum atomic E-state index is 12.1. The predicted octanol–water partition coefficient (Wildman–Crippen LogP) is 4.26. The number of hydrogen-bond donors (Lipinski definition) is 2. The van der Waals surface area contributed by atoms with Crippen molar-refractivity contribution < 1.29 is 14.6 Å². The lowest BCUT2D eigenvalue weighted by molar-refractivity contribution is -0.127. The van der Waals surface area contributed by atoms with Crippen LogP contribution < -0.4 is 10.1 Å². The Morgan fingerprint density at radius 3 is 2.58 bits per heavy atom. The summed E-state index contributed by atoms with van der Waals surface area (Å²) in [5, 5.41) is 14.8. The van der Waals surface area contributed by atoms with Crippen molar-refractivity contribution in [3.63, 3.8) is 0 Å². The molecule has 1 aliphatic carbocycles. The number of aromatic hydroxyl groups is 1. The topological polar surface area (TPSA) is 58.6 Å². The molecule has 3 aromatic carbocycles. The van der Waals surface area contributed by atoms with E-state index >= 15 is 0 Å². The van der Waals surface area contributed by atoms with Gasteiger partial charge in [0, 0.05) is 6.04 Å². The van der Waals surface area contributed by atoms with Gasteiger partial charge in [0.05, 0.1) is 0 Å². The standard InChI is InChI=1S/C22H21NO3/c1-14(22(25)23-19-8-9-19)26-21-10-7-15-5-6-17(11-18(15)13-21)16-3-2-4-20(24)12-16/h2-7,10-14,19,24H,8-9H2,1H3,(H,23,25). The fraction of sp³-hybridized carbons (Fsp3) is 0.227. The van der Waals surface area contributed by atoms with Crippen LogP contribution in [0.4, 0.5) is 0 Å². The van der Waals surface area contributed by atoms with Crippen LogP contribution in [-0.4, -0.2) is 23.2 Å². The monoisotopic (exact) mass is 347 g/mol. The van der Waals surface area contributed by atoms with Crippen molar-refractivity contribution in [1.82, 2.24) is 5.32 Å². The molecule has 0 heterocycles. The average Bonchev–Trinajstić information content (AvgIpc) is 3.45. The third-order valence-electron chi connectivity index (χ3n) is 4.60. The van der Waals surface area contributed by atoms with Gasteiger partial charge in [-0.05, 0) is 72.0 Å². The highest BCUT2D eigenvalue weighted by molar-refractivity contribution is 5.88. The zero-order chi connectivity index (χ0) is 18.1. The molecule has 2 N–H and O–H groups in total. The quantitative estimate of drug-likeness (QED) is 0.725. The first-order chi connectivity index (χ1) is 12.6. The average molecular weight is 347 g/mol. The normalized spacial score (nSPS) is 14.8.